The molecule has 46 heavy (non-hydrogen) atoms. The monoisotopic (exact) mass is 640 g/mol. The standard InChI is InChI=1S/C38H22Cl2N2O4/c39-25-11-15-27(16-12-25)45-37(43)31-20-33(23-7-3-1-4-8-23)41-35-22-36-30(19-29(31)35)32(21-34(42-36)24-9-5-2-6-10-24)38(44)46-28-17-13-26(40)14-18-28/h1-22H. The molecule has 0 aliphatic heterocycles. The summed E-state index contributed by atoms with van der Waals surface area (Å²) in [6.07, 6.45) is 0. The molecule has 0 radical (unpaired) electrons. The average Bonchev–Trinajstić information content (AvgIpc) is 3.09. The third-order valence-electron chi connectivity index (χ3n) is 7.37. The number of nitrogens with zero attached hydrogens (tertiary/aromatic N) is 2. The fourth-order valence-electron chi connectivity index (χ4n) is 5.13. The van der Waals surface area contributed by atoms with Crippen molar-refractivity contribution in [1.82, 2.24) is 9.97 Å². The molecule has 0 saturated heterocycles. The molecular weight excluding hydrogens is 619 g/mol. The smallest absolute Gasteiger partial charge is 0.344 e. The van der Waals surface area contributed by atoms with E-state index in [0.29, 0.717) is 54.7 Å². The molecule has 2 aromatic heterocycles. The first kappa shape index (κ1) is 29.2. The van der Waals surface area contributed by atoms with Gasteiger partial charge in [0.1, 0.15) is 11.5 Å². The highest BCUT2D eigenvalue weighted by atomic mass is 35.5. The van der Waals surface area contributed by atoms with Gasteiger partial charge in [-0.05, 0) is 72.8 Å². The Morgan fingerprint density at radius 2 is 0.870 bits per heavy atom. The van der Waals surface area contributed by atoms with E-state index in [1.165, 1.54) is 0 Å². The van der Waals surface area contributed by atoms with Gasteiger partial charge >= 0.3 is 11.9 Å². The number of carbonyl (C=O) groups is 2. The lowest BCUT2D eigenvalue weighted by molar-refractivity contribution is 0.0727. The first-order valence-electron chi connectivity index (χ1n) is 14.3. The normalized spacial score (nSPS) is 11.0. The molecule has 0 spiro atoms. The molecule has 7 aromatic rings. The minimum absolute atomic E-state index is 0.268. The van der Waals surface area contributed by atoms with Crippen LogP contribution in [0.5, 0.6) is 11.5 Å². The van der Waals surface area contributed by atoms with Crippen molar-refractivity contribution >= 4 is 56.9 Å². The zero-order valence-corrected chi connectivity index (χ0v) is 25.5. The maximum absolute atomic E-state index is 13.8. The summed E-state index contributed by atoms with van der Waals surface area (Å²) in [5.41, 5.74) is 4.36. The van der Waals surface area contributed by atoms with Crippen molar-refractivity contribution in [3.8, 4) is 34.0 Å². The highest BCUT2D eigenvalue weighted by molar-refractivity contribution is 6.30. The highest BCUT2D eigenvalue weighted by Crippen LogP contribution is 2.33. The molecule has 8 heteroatoms. The van der Waals surface area contributed by atoms with Gasteiger partial charge in [0.2, 0.25) is 0 Å². The summed E-state index contributed by atoms with van der Waals surface area (Å²) in [6.45, 7) is 0. The number of hydrogen-bond acceptors (Lipinski definition) is 6. The van der Waals surface area contributed by atoms with E-state index in [0.717, 1.165) is 11.1 Å². The molecule has 7 rings (SSSR count). The Morgan fingerprint density at radius 1 is 0.478 bits per heavy atom. The quantitative estimate of drug-likeness (QED) is 0.102. The molecule has 0 aliphatic rings. The fourth-order valence-corrected chi connectivity index (χ4v) is 5.38. The van der Waals surface area contributed by atoms with Crippen LogP contribution in [0.2, 0.25) is 10.0 Å². The van der Waals surface area contributed by atoms with E-state index in [2.05, 4.69) is 0 Å². The molecule has 0 amide bonds. The van der Waals surface area contributed by atoms with Crippen LogP contribution in [0, 0.1) is 0 Å². The maximum atomic E-state index is 13.8. The van der Waals surface area contributed by atoms with Gasteiger partial charge in [-0.25, -0.2) is 19.6 Å². The Kier molecular flexibility index (Phi) is 7.89. The summed E-state index contributed by atoms with van der Waals surface area (Å²) in [7, 11) is 0. The van der Waals surface area contributed by atoms with Crippen LogP contribution in [0.1, 0.15) is 20.7 Å². The van der Waals surface area contributed by atoms with Crippen molar-refractivity contribution in [2.75, 3.05) is 0 Å². The van der Waals surface area contributed by atoms with E-state index in [1.807, 2.05) is 60.7 Å². The van der Waals surface area contributed by atoms with Crippen molar-refractivity contribution < 1.29 is 19.1 Å². The zero-order chi connectivity index (χ0) is 31.6. The number of esters is 2. The molecule has 5 aromatic carbocycles. The highest BCUT2D eigenvalue weighted by Gasteiger charge is 2.21. The van der Waals surface area contributed by atoms with E-state index in [9.17, 15) is 9.59 Å². The molecule has 0 N–H and O–H groups in total. The van der Waals surface area contributed by atoms with Crippen LogP contribution in [0.25, 0.3) is 44.3 Å². The van der Waals surface area contributed by atoms with Gasteiger partial charge < -0.3 is 9.47 Å². The van der Waals surface area contributed by atoms with Crippen LogP contribution in [0.3, 0.4) is 0 Å². The molecule has 0 unspecified atom stereocenters. The van der Waals surface area contributed by atoms with E-state index in [4.69, 9.17) is 42.6 Å². The number of fused-ring (bicyclic) bond motifs is 2. The number of hydrogen-bond donors (Lipinski definition) is 0. The lowest BCUT2D eigenvalue weighted by Crippen LogP contribution is -2.12. The summed E-state index contributed by atoms with van der Waals surface area (Å²) in [6, 6.07) is 39.1. The van der Waals surface area contributed by atoms with Gasteiger partial charge in [-0.15, -0.1) is 0 Å². The minimum atomic E-state index is -0.592. The molecule has 0 fully saturated rings. The van der Waals surface area contributed by atoms with Gasteiger partial charge in [-0.2, -0.15) is 0 Å². The average molecular weight is 642 g/mol. The van der Waals surface area contributed by atoms with Gasteiger partial charge in [-0.3, -0.25) is 0 Å². The maximum Gasteiger partial charge on any atom is 0.344 e. The SMILES string of the molecule is O=C(Oc1ccc(Cl)cc1)c1cc(-c2ccccc2)nc2cc3nc(-c4ccccc4)cc(C(=O)Oc4ccc(Cl)cc4)c3cc12. The molecule has 6 nitrogen and oxygen atoms in total. The van der Waals surface area contributed by atoms with Crippen LogP contribution in [-0.2, 0) is 0 Å². The van der Waals surface area contributed by atoms with Crippen LogP contribution >= 0.6 is 23.2 Å². The lowest BCUT2D eigenvalue weighted by atomic mass is 9.99. The topological polar surface area (TPSA) is 78.4 Å². The summed E-state index contributed by atoms with van der Waals surface area (Å²) >= 11 is 12.1. The van der Waals surface area contributed by atoms with Crippen LogP contribution < -0.4 is 9.47 Å². The van der Waals surface area contributed by atoms with Crippen LogP contribution in [0.15, 0.2) is 133 Å². The summed E-state index contributed by atoms with van der Waals surface area (Å²) in [5, 5.41) is 2.02. The number of benzene rings is 5. The zero-order valence-electron chi connectivity index (χ0n) is 24.0. The van der Waals surface area contributed by atoms with Crippen molar-refractivity contribution in [3.63, 3.8) is 0 Å². The van der Waals surface area contributed by atoms with E-state index in [-0.39, 0.29) is 11.1 Å². The summed E-state index contributed by atoms with van der Waals surface area (Å²) < 4.78 is 11.5. The second kappa shape index (κ2) is 12.4. The van der Waals surface area contributed by atoms with Gasteiger partial charge in [0.25, 0.3) is 0 Å². The lowest BCUT2D eigenvalue weighted by Gasteiger charge is -2.14. The first-order valence-corrected chi connectivity index (χ1v) is 15.0. The third-order valence-corrected chi connectivity index (χ3v) is 7.87. The third kappa shape index (κ3) is 6.04. The van der Waals surface area contributed by atoms with Crippen molar-refractivity contribution in [1.29, 1.82) is 0 Å². The number of halogens is 2. The largest absolute Gasteiger partial charge is 0.423 e. The van der Waals surface area contributed by atoms with Crippen molar-refractivity contribution in [2.45, 2.75) is 0 Å². The van der Waals surface area contributed by atoms with Gasteiger partial charge in [0, 0.05) is 31.9 Å². The number of carbonyl (C=O) groups excluding carboxylic acids is 2. The second-order valence-electron chi connectivity index (χ2n) is 10.4. The van der Waals surface area contributed by atoms with Gasteiger partial charge in [-0.1, -0.05) is 83.9 Å². The molecule has 222 valence electrons. The second-order valence-corrected chi connectivity index (χ2v) is 11.3. The number of pyridine rings is 2. The first-order chi connectivity index (χ1) is 22.4. The summed E-state index contributed by atoms with van der Waals surface area (Å²) in [5.74, 6) is -0.513. The van der Waals surface area contributed by atoms with Crippen molar-refractivity contribution in [3.05, 3.63) is 155 Å². The molecular formula is C38H22Cl2N2O4. The molecule has 0 aliphatic carbocycles. The number of rotatable bonds is 6. The van der Waals surface area contributed by atoms with E-state index < -0.39 is 11.9 Å². The van der Waals surface area contributed by atoms with Crippen LogP contribution in [-0.4, -0.2) is 21.9 Å². The Labute approximate surface area is 273 Å². The van der Waals surface area contributed by atoms with Crippen LogP contribution in [0.4, 0.5) is 0 Å². The molecule has 0 saturated carbocycles. The molecule has 0 bridgehead atoms. The Morgan fingerprint density at radius 3 is 1.26 bits per heavy atom. The predicted molar refractivity (Wildman–Crippen MR) is 181 cm³/mol. The minimum Gasteiger partial charge on any atom is -0.423 e. The number of ether oxygens (including phenoxy) is 2. The van der Waals surface area contributed by atoms with Gasteiger partial charge in [0.15, 0.2) is 0 Å². The summed E-state index contributed by atoms with van der Waals surface area (Å²) in [4.78, 5) is 37.3. The molecule has 0 atom stereocenters. The van der Waals surface area contributed by atoms with Crippen molar-refractivity contribution in [2.24, 2.45) is 0 Å². The Balaban J connectivity index is 1.44. The Hall–Kier alpha value is -5.56. The molecule has 2 heterocycles. The van der Waals surface area contributed by atoms with Gasteiger partial charge in [0.05, 0.1) is 33.5 Å². The fraction of sp³-hybridized carbons (Fsp3) is 0. The Bertz CT molecular complexity index is 2080. The van der Waals surface area contributed by atoms with E-state index in [1.54, 1.807) is 72.8 Å². The predicted octanol–water partition coefficient (Wildman–Crippen LogP) is 9.86. The number of aromatic nitrogens is 2. The van der Waals surface area contributed by atoms with E-state index >= 15 is 0 Å².